The van der Waals surface area contributed by atoms with Crippen LogP contribution >= 0.6 is 0 Å². The molecule has 0 radical (unpaired) electrons. The molecule has 0 heterocycles. The zero-order chi connectivity index (χ0) is 10.9. The van der Waals surface area contributed by atoms with Crippen molar-refractivity contribution < 1.29 is 4.74 Å². The molecule has 1 aromatic carbocycles. The summed E-state index contributed by atoms with van der Waals surface area (Å²) in [7, 11) is 0. The Morgan fingerprint density at radius 1 is 1.40 bits per heavy atom. The van der Waals surface area contributed by atoms with Crippen LogP contribution in [0.15, 0.2) is 24.3 Å². The molecule has 0 spiro atoms. The van der Waals surface area contributed by atoms with Gasteiger partial charge in [0.05, 0.1) is 13.2 Å². The van der Waals surface area contributed by atoms with Crippen LogP contribution in [0.4, 0.5) is 0 Å². The number of hydrogen-bond donors (Lipinski definition) is 1. The van der Waals surface area contributed by atoms with E-state index >= 15 is 0 Å². The molecule has 0 amide bonds. The van der Waals surface area contributed by atoms with E-state index < -0.39 is 0 Å². The van der Waals surface area contributed by atoms with Crippen LogP contribution in [0.25, 0.3) is 0 Å². The first-order valence-corrected chi connectivity index (χ1v) is 5.28. The van der Waals surface area contributed by atoms with E-state index in [1.807, 2.05) is 24.3 Å². The lowest BCUT2D eigenvalue weighted by Gasteiger charge is -2.04. The summed E-state index contributed by atoms with van der Waals surface area (Å²) in [5, 5.41) is 0. The normalized spacial score (nSPS) is 9.20. The van der Waals surface area contributed by atoms with Crippen LogP contribution < -0.4 is 10.5 Å². The summed E-state index contributed by atoms with van der Waals surface area (Å²) < 4.78 is 5.57. The zero-order valence-corrected chi connectivity index (χ0v) is 9.12. The van der Waals surface area contributed by atoms with Gasteiger partial charge in [0, 0.05) is 5.56 Å². The molecule has 15 heavy (non-hydrogen) atoms. The SMILES string of the molecule is CCCCOc1cccc(C#CCN)c1. The van der Waals surface area contributed by atoms with Gasteiger partial charge in [0.1, 0.15) is 5.75 Å². The van der Waals surface area contributed by atoms with Gasteiger partial charge < -0.3 is 10.5 Å². The average molecular weight is 203 g/mol. The number of ether oxygens (including phenoxy) is 1. The van der Waals surface area contributed by atoms with E-state index in [-0.39, 0.29) is 0 Å². The van der Waals surface area contributed by atoms with Crippen LogP contribution in [0, 0.1) is 11.8 Å². The van der Waals surface area contributed by atoms with Crippen molar-refractivity contribution in [3.63, 3.8) is 0 Å². The van der Waals surface area contributed by atoms with Gasteiger partial charge in [-0.05, 0) is 24.6 Å². The van der Waals surface area contributed by atoms with Crippen molar-refractivity contribution in [2.75, 3.05) is 13.2 Å². The Kier molecular flexibility index (Phi) is 5.35. The molecule has 2 N–H and O–H groups in total. The average Bonchev–Trinajstić information content (AvgIpc) is 2.27. The number of benzene rings is 1. The standard InChI is InChI=1S/C13H17NO/c1-2-3-10-15-13-8-4-6-12(11-13)7-5-9-14/h4,6,8,11H,2-3,9-10,14H2,1H3. The van der Waals surface area contributed by atoms with Crippen molar-refractivity contribution in [2.24, 2.45) is 5.73 Å². The summed E-state index contributed by atoms with van der Waals surface area (Å²) in [5.41, 5.74) is 6.26. The Morgan fingerprint density at radius 3 is 3.00 bits per heavy atom. The Morgan fingerprint density at radius 2 is 2.27 bits per heavy atom. The van der Waals surface area contributed by atoms with Gasteiger partial charge in [0.25, 0.3) is 0 Å². The second kappa shape index (κ2) is 6.92. The maximum atomic E-state index is 5.57. The smallest absolute Gasteiger partial charge is 0.120 e. The first kappa shape index (κ1) is 11.6. The molecule has 0 aliphatic heterocycles. The molecular formula is C13H17NO. The van der Waals surface area contributed by atoms with Crippen molar-refractivity contribution in [1.82, 2.24) is 0 Å². The van der Waals surface area contributed by atoms with E-state index in [2.05, 4.69) is 18.8 Å². The minimum absolute atomic E-state index is 0.390. The lowest BCUT2D eigenvalue weighted by molar-refractivity contribution is 0.309. The molecule has 2 nitrogen and oxygen atoms in total. The Balaban J connectivity index is 2.57. The Labute approximate surface area is 91.4 Å². The topological polar surface area (TPSA) is 35.2 Å². The van der Waals surface area contributed by atoms with Gasteiger partial charge in [0.2, 0.25) is 0 Å². The first-order valence-electron chi connectivity index (χ1n) is 5.28. The quantitative estimate of drug-likeness (QED) is 0.601. The van der Waals surface area contributed by atoms with Gasteiger partial charge in [-0.15, -0.1) is 0 Å². The van der Waals surface area contributed by atoms with Crippen molar-refractivity contribution in [2.45, 2.75) is 19.8 Å². The summed E-state index contributed by atoms with van der Waals surface area (Å²) in [5.74, 6) is 6.68. The summed E-state index contributed by atoms with van der Waals surface area (Å²) in [6.07, 6.45) is 2.23. The first-order chi connectivity index (χ1) is 7.36. The lowest BCUT2D eigenvalue weighted by Crippen LogP contribution is -1.96. The maximum absolute atomic E-state index is 5.57. The molecule has 0 saturated carbocycles. The zero-order valence-electron chi connectivity index (χ0n) is 9.12. The van der Waals surface area contributed by atoms with Crippen LogP contribution in [-0.2, 0) is 0 Å². The molecule has 0 aliphatic rings. The Bertz CT molecular complexity index is 349. The molecule has 2 heteroatoms. The van der Waals surface area contributed by atoms with Crippen molar-refractivity contribution in [1.29, 1.82) is 0 Å². The molecular weight excluding hydrogens is 186 g/mol. The molecule has 0 atom stereocenters. The Hall–Kier alpha value is -1.46. The minimum Gasteiger partial charge on any atom is -0.494 e. The fraction of sp³-hybridized carbons (Fsp3) is 0.385. The van der Waals surface area contributed by atoms with E-state index in [1.54, 1.807) is 0 Å². The van der Waals surface area contributed by atoms with Gasteiger partial charge in [-0.25, -0.2) is 0 Å². The van der Waals surface area contributed by atoms with E-state index in [4.69, 9.17) is 10.5 Å². The van der Waals surface area contributed by atoms with Crippen LogP contribution in [0.5, 0.6) is 5.75 Å². The minimum atomic E-state index is 0.390. The van der Waals surface area contributed by atoms with Crippen LogP contribution in [0.3, 0.4) is 0 Å². The van der Waals surface area contributed by atoms with Gasteiger partial charge in [-0.3, -0.25) is 0 Å². The third kappa shape index (κ3) is 4.53. The molecule has 1 aromatic rings. The third-order valence-electron chi connectivity index (χ3n) is 1.94. The molecule has 0 aromatic heterocycles. The molecule has 0 aliphatic carbocycles. The lowest BCUT2D eigenvalue weighted by atomic mass is 10.2. The van der Waals surface area contributed by atoms with Crippen molar-refractivity contribution >= 4 is 0 Å². The molecule has 80 valence electrons. The fourth-order valence-corrected chi connectivity index (χ4v) is 1.15. The predicted molar refractivity (Wildman–Crippen MR) is 62.8 cm³/mol. The van der Waals surface area contributed by atoms with Crippen LogP contribution in [0.2, 0.25) is 0 Å². The fourth-order valence-electron chi connectivity index (χ4n) is 1.15. The van der Waals surface area contributed by atoms with E-state index in [0.29, 0.717) is 6.54 Å². The highest BCUT2D eigenvalue weighted by atomic mass is 16.5. The summed E-state index contributed by atoms with van der Waals surface area (Å²) in [6.45, 7) is 3.30. The third-order valence-corrected chi connectivity index (χ3v) is 1.94. The van der Waals surface area contributed by atoms with E-state index in [0.717, 1.165) is 30.8 Å². The number of unbranched alkanes of at least 4 members (excludes halogenated alkanes) is 1. The van der Waals surface area contributed by atoms with Crippen molar-refractivity contribution in [3.05, 3.63) is 29.8 Å². The van der Waals surface area contributed by atoms with Gasteiger partial charge in [-0.1, -0.05) is 31.3 Å². The van der Waals surface area contributed by atoms with E-state index in [1.165, 1.54) is 0 Å². The monoisotopic (exact) mass is 203 g/mol. The molecule has 0 saturated heterocycles. The predicted octanol–water partition coefficient (Wildman–Crippen LogP) is 2.18. The van der Waals surface area contributed by atoms with Gasteiger partial charge in [0.15, 0.2) is 0 Å². The number of hydrogen-bond acceptors (Lipinski definition) is 2. The molecule has 1 rings (SSSR count). The summed E-state index contributed by atoms with van der Waals surface area (Å²) in [6, 6.07) is 7.79. The summed E-state index contributed by atoms with van der Waals surface area (Å²) in [4.78, 5) is 0. The molecule has 0 bridgehead atoms. The largest absolute Gasteiger partial charge is 0.494 e. The highest BCUT2D eigenvalue weighted by molar-refractivity contribution is 5.39. The van der Waals surface area contributed by atoms with E-state index in [9.17, 15) is 0 Å². The van der Waals surface area contributed by atoms with Crippen LogP contribution in [-0.4, -0.2) is 13.2 Å². The molecule has 0 fully saturated rings. The van der Waals surface area contributed by atoms with Crippen LogP contribution in [0.1, 0.15) is 25.3 Å². The summed E-state index contributed by atoms with van der Waals surface area (Å²) >= 11 is 0. The molecule has 0 unspecified atom stereocenters. The second-order valence-electron chi connectivity index (χ2n) is 3.24. The van der Waals surface area contributed by atoms with Gasteiger partial charge in [-0.2, -0.15) is 0 Å². The van der Waals surface area contributed by atoms with Crippen molar-refractivity contribution in [3.8, 4) is 17.6 Å². The highest BCUT2D eigenvalue weighted by Gasteiger charge is 1.93. The number of nitrogens with two attached hydrogens (primary N) is 1. The highest BCUT2D eigenvalue weighted by Crippen LogP contribution is 2.12. The van der Waals surface area contributed by atoms with Gasteiger partial charge >= 0.3 is 0 Å². The number of rotatable bonds is 4. The second-order valence-corrected chi connectivity index (χ2v) is 3.24. The maximum Gasteiger partial charge on any atom is 0.120 e.